The van der Waals surface area contributed by atoms with Gasteiger partial charge in [0.05, 0.1) is 0 Å². The lowest BCUT2D eigenvalue weighted by Gasteiger charge is -2.31. The summed E-state index contributed by atoms with van der Waals surface area (Å²) in [6.07, 6.45) is 5.47. The largest absolute Gasteiger partial charge is 0.396 e. The van der Waals surface area contributed by atoms with Gasteiger partial charge in [0, 0.05) is 24.8 Å². The molecular formula is C21H33Cl2N3O2. The van der Waals surface area contributed by atoms with Crippen LogP contribution in [0.25, 0.3) is 0 Å². The second-order valence-electron chi connectivity index (χ2n) is 8.46. The lowest BCUT2D eigenvalue weighted by Crippen LogP contribution is -2.34. The van der Waals surface area contributed by atoms with Crippen LogP contribution in [0.1, 0.15) is 37.7 Å². The minimum Gasteiger partial charge on any atom is -0.396 e. The molecule has 2 saturated heterocycles. The second-order valence-corrected chi connectivity index (χ2v) is 8.46. The third-order valence-electron chi connectivity index (χ3n) is 6.67. The number of aliphatic hydroxyl groups is 1. The predicted molar refractivity (Wildman–Crippen MR) is 117 cm³/mol. The molecule has 1 amide bonds. The summed E-state index contributed by atoms with van der Waals surface area (Å²) in [4.78, 5) is 15.1. The number of piperidine rings is 2. The maximum atomic E-state index is 12.7. The highest BCUT2D eigenvalue weighted by atomic mass is 35.5. The van der Waals surface area contributed by atoms with Gasteiger partial charge in [-0.15, -0.1) is 24.8 Å². The summed E-state index contributed by atoms with van der Waals surface area (Å²) in [5.41, 5.74) is 2.45. The van der Waals surface area contributed by atoms with Gasteiger partial charge in [0.1, 0.15) is 0 Å². The number of hydrogen-bond acceptors (Lipinski definition) is 4. The van der Waals surface area contributed by atoms with Crippen LogP contribution in [0.2, 0.25) is 0 Å². The van der Waals surface area contributed by atoms with Crippen LogP contribution in [0.5, 0.6) is 0 Å². The SMILES string of the molecule is Cl.Cl.O=C(Nc1cccc(CN2CCC(CO)CC2)c1)C1CC12CCNCC2. The van der Waals surface area contributed by atoms with Crippen molar-refractivity contribution in [3.8, 4) is 0 Å². The molecular weight excluding hydrogens is 397 g/mol. The normalized spacial score (nSPS) is 24.1. The van der Waals surface area contributed by atoms with Gasteiger partial charge in [0.25, 0.3) is 0 Å². The van der Waals surface area contributed by atoms with Crippen LogP contribution in [0.4, 0.5) is 5.69 Å². The zero-order chi connectivity index (χ0) is 18.0. The Morgan fingerprint density at radius 1 is 1.21 bits per heavy atom. The first-order chi connectivity index (χ1) is 12.7. The number of nitrogens with zero attached hydrogens (tertiary/aromatic N) is 1. The molecule has 1 saturated carbocycles. The lowest BCUT2D eigenvalue weighted by atomic mass is 9.92. The average Bonchev–Trinajstić information content (AvgIpc) is 3.36. The van der Waals surface area contributed by atoms with Crippen molar-refractivity contribution in [1.82, 2.24) is 10.2 Å². The van der Waals surface area contributed by atoms with Gasteiger partial charge in [0.2, 0.25) is 5.91 Å². The van der Waals surface area contributed by atoms with E-state index in [1.807, 2.05) is 12.1 Å². The Morgan fingerprint density at radius 2 is 1.93 bits per heavy atom. The third-order valence-corrected chi connectivity index (χ3v) is 6.67. The van der Waals surface area contributed by atoms with Crippen molar-refractivity contribution in [2.24, 2.45) is 17.3 Å². The second kappa shape index (κ2) is 10.3. The highest BCUT2D eigenvalue weighted by molar-refractivity contribution is 5.95. The Bertz CT molecular complexity index is 644. The molecule has 3 N–H and O–H groups in total. The number of benzene rings is 1. The van der Waals surface area contributed by atoms with E-state index in [9.17, 15) is 9.90 Å². The summed E-state index contributed by atoms with van der Waals surface area (Å²) in [6, 6.07) is 8.29. The maximum Gasteiger partial charge on any atom is 0.228 e. The van der Waals surface area contributed by atoms with Gasteiger partial charge >= 0.3 is 0 Å². The third kappa shape index (κ3) is 5.39. The Balaban J connectivity index is 0.00000140. The number of anilines is 1. The number of halogens is 2. The lowest BCUT2D eigenvalue weighted by molar-refractivity contribution is -0.118. The molecule has 1 aromatic rings. The van der Waals surface area contributed by atoms with Crippen molar-refractivity contribution in [1.29, 1.82) is 0 Å². The first kappa shape index (κ1) is 23.4. The molecule has 1 aliphatic carbocycles. The van der Waals surface area contributed by atoms with Crippen molar-refractivity contribution in [3.63, 3.8) is 0 Å². The summed E-state index contributed by atoms with van der Waals surface area (Å²) in [5.74, 6) is 0.872. The molecule has 7 heteroatoms. The van der Waals surface area contributed by atoms with Crippen molar-refractivity contribution in [2.45, 2.75) is 38.6 Å². The fraction of sp³-hybridized carbons (Fsp3) is 0.667. The van der Waals surface area contributed by atoms with E-state index in [4.69, 9.17) is 0 Å². The Hall–Kier alpha value is -0.850. The van der Waals surface area contributed by atoms with Crippen LogP contribution in [-0.2, 0) is 11.3 Å². The van der Waals surface area contributed by atoms with E-state index in [-0.39, 0.29) is 42.1 Å². The molecule has 4 rings (SSSR count). The number of carbonyl (C=O) groups excluding carboxylic acids is 1. The average molecular weight is 430 g/mol. The molecule has 1 aromatic carbocycles. The fourth-order valence-electron chi connectivity index (χ4n) is 4.76. The molecule has 0 bridgehead atoms. The minimum atomic E-state index is 0. The molecule has 1 atom stereocenters. The maximum absolute atomic E-state index is 12.7. The fourth-order valence-corrected chi connectivity index (χ4v) is 4.76. The van der Waals surface area contributed by atoms with Gasteiger partial charge in [-0.2, -0.15) is 0 Å². The summed E-state index contributed by atoms with van der Waals surface area (Å²) in [7, 11) is 0. The predicted octanol–water partition coefficient (Wildman–Crippen LogP) is 3.06. The van der Waals surface area contributed by atoms with Gasteiger partial charge in [-0.25, -0.2) is 0 Å². The van der Waals surface area contributed by atoms with Crippen LogP contribution >= 0.6 is 24.8 Å². The van der Waals surface area contributed by atoms with E-state index in [0.29, 0.717) is 12.5 Å². The van der Waals surface area contributed by atoms with Crippen molar-refractivity contribution in [3.05, 3.63) is 29.8 Å². The van der Waals surface area contributed by atoms with E-state index < -0.39 is 0 Å². The number of aliphatic hydroxyl groups excluding tert-OH is 1. The zero-order valence-corrected chi connectivity index (χ0v) is 18.0. The Labute approximate surface area is 180 Å². The van der Waals surface area contributed by atoms with Crippen LogP contribution in [0, 0.1) is 17.3 Å². The van der Waals surface area contributed by atoms with E-state index in [1.165, 1.54) is 5.56 Å². The number of rotatable bonds is 5. The Morgan fingerprint density at radius 3 is 2.61 bits per heavy atom. The number of hydrogen-bond donors (Lipinski definition) is 3. The highest BCUT2D eigenvalue weighted by Gasteiger charge is 2.57. The number of amides is 1. The molecule has 3 aliphatic rings. The number of nitrogens with one attached hydrogen (secondary N) is 2. The van der Waals surface area contributed by atoms with Crippen LogP contribution in [-0.4, -0.2) is 48.7 Å². The standard InChI is InChI=1S/C21H31N3O2.2ClH/c25-15-16-4-10-24(11-5-16)14-17-2-1-3-18(12-17)23-20(26)19-13-21(19)6-8-22-9-7-21;;/h1-3,12,16,19,22,25H,4-11,13-15H2,(H,23,26);2*1H. The minimum absolute atomic E-state index is 0. The molecule has 158 valence electrons. The van der Waals surface area contributed by atoms with Crippen LogP contribution in [0.15, 0.2) is 24.3 Å². The molecule has 0 aromatic heterocycles. The van der Waals surface area contributed by atoms with Crippen LogP contribution in [0.3, 0.4) is 0 Å². The highest BCUT2D eigenvalue weighted by Crippen LogP contribution is 2.58. The molecule has 28 heavy (non-hydrogen) atoms. The smallest absolute Gasteiger partial charge is 0.228 e. The first-order valence-electron chi connectivity index (χ1n) is 10.1. The quantitative estimate of drug-likeness (QED) is 0.672. The summed E-state index contributed by atoms with van der Waals surface area (Å²) in [5, 5.41) is 15.8. The van der Waals surface area contributed by atoms with Crippen molar-refractivity contribution in [2.75, 3.05) is 38.1 Å². The van der Waals surface area contributed by atoms with E-state index in [0.717, 1.165) is 70.5 Å². The summed E-state index contributed by atoms with van der Waals surface area (Å²) in [6.45, 7) is 5.41. The molecule has 2 heterocycles. The molecule has 1 unspecified atom stereocenters. The summed E-state index contributed by atoms with van der Waals surface area (Å²) >= 11 is 0. The molecule has 1 spiro atoms. The summed E-state index contributed by atoms with van der Waals surface area (Å²) < 4.78 is 0. The molecule has 3 fully saturated rings. The first-order valence-corrected chi connectivity index (χ1v) is 10.1. The number of carbonyl (C=O) groups is 1. The van der Waals surface area contributed by atoms with Gasteiger partial charge in [-0.1, -0.05) is 12.1 Å². The molecule has 0 radical (unpaired) electrons. The topological polar surface area (TPSA) is 64.6 Å². The van der Waals surface area contributed by atoms with Gasteiger partial charge < -0.3 is 15.7 Å². The Kier molecular flexibility index (Phi) is 8.59. The van der Waals surface area contributed by atoms with E-state index in [2.05, 4.69) is 27.7 Å². The van der Waals surface area contributed by atoms with E-state index >= 15 is 0 Å². The molecule has 5 nitrogen and oxygen atoms in total. The molecule has 2 aliphatic heterocycles. The van der Waals surface area contributed by atoms with Crippen molar-refractivity contribution >= 4 is 36.4 Å². The van der Waals surface area contributed by atoms with Gasteiger partial charge in [-0.05, 0) is 87.3 Å². The van der Waals surface area contributed by atoms with Gasteiger partial charge in [-0.3, -0.25) is 9.69 Å². The van der Waals surface area contributed by atoms with Gasteiger partial charge in [0.15, 0.2) is 0 Å². The monoisotopic (exact) mass is 429 g/mol. The van der Waals surface area contributed by atoms with Crippen molar-refractivity contribution < 1.29 is 9.90 Å². The van der Waals surface area contributed by atoms with E-state index in [1.54, 1.807) is 0 Å². The zero-order valence-electron chi connectivity index (χ0n) is 16.4. The van der Waals surface area contributed by atoms with Crippen LogP contribution < -0.4 is 10.6 Å². The number of likely N-dealkylation sites (tertiary alicyclic amines) is 1.